The van der Waals surface area contributed by atoms with Gasteiger partial charge >= 0.3 is 5.97 Å². The molecule has 2 aromatic rings. The molecular formula is C17H21N3O3. The van der Waals surface area contributed by atoms with Crippen molar-refractivity contribution in [1.29, 1.82) is 0 Å². The Hall–Kier alpha value is -2.63. The monoisotopic (exact) mass is 315 g/mol. The number of aromatic nitrogens is 2. The number of nitrogens with one attached hydrogen (secondary N) is 1. The number of rotatable bonds is 4. The van der Waals surface area contributed by atoms with Crippen molar-refractivity contribution in [1.82, 2.24) is 15.1 Å². The second kappa shape index (κ2) is 5.87. The van der Waals surface area contributed by atoms with Crippen LogP contribution in [-0.4, -0.2) is 32.3 Å². The highest BCUT2D eigenvalue weighted by Gasteiger charge is 2.30. The third kappa shape index (κ3) is 3.26. The summed E-state index contributed by atoms with van der Waals surface area (Å²) in [4.78, 5) is 23.5. The molecule has 2 N–H and O–H groups in total. The Kier molecular flexibility index (Phi) is 4.27. The highest BCUT2D eigenvalue weighted by atomic mass is 16.4. The van der Waals surface area contributed by atoms with Gasteiger partial charge in [0.25, 0.3) is 5.91 Å². The minimum Gasteiger partial charge on any atom is -0.480 e. The Morgan fingerprint density at radius 1 is 1.22 bits per heavy atom. The summed E-state index contributed by atoms with van der Waals surface area (Å²) in [5.74, 6) is -1.54. The van der Waals surface area contributed by atoms with E-state index in [4.69, 9.17) is 5.11 Å². The van der Waals surface area contributed by atoms with Crippen molar-refractivity contribution in [3.63, 3.8) is 0 Å². The van der Waals surface area contributed by atoms with Crippen LogP contribution in [0.3, 0.4) is 0 Å². The summed E-state index contributed by atoms with van der Waals surface area (Å²) < 4.78 is 1.70. The number of benzene rings is 1. The predicted molar refractivity (Wildman–Crippen MR) is 87.0 cm³/mol. The first-order valence-corrected chi connectivity index (χ1v) is 7.31. The van der Waals surface area contributed by atoms with E-state index in [1.54, 1.807) is 11.6 Å². The highest BCUT2D eigenvalue weighted by molar-refractivity contribution is 5.98. The van der Waals surface area contributed by atoms with Gasteiger partial charge < -0.3 is 10.4 Å². The first-order chi connectivity index (χ1) is 10.6. The molecule has 0 saturated heterocycles. The van der Waals surface area contributed by atoms with E-state index in [0.29, 0.717) is 11.3 Å². The number of nitrogens with zero attached hydrogens (tertiary/aromatic N) is 2. The average Bonchev–Trinajstić information content (AvgIpc) is 2.82. The second-order valence-electron chi connectivity index (χ2n) is 6.23. The van der Waals surface area contributed by atoms with Gasteiger partial charge in [0.2, 0.25) is 0 Å². The number of aliphatic carboxylic acids is 1. The molecule has 1 aromatic carbocycles. The molecule has 1 aromatic heterocycles. The maximum atomic E-state index is 12.4. The summed E-state index contributed by atoms with van der Waals surface area (Å²) in [7, 11) is 0. The third-order valence-electron chi connectivity index (χ3n) is 3.81. The van der Waals surface area contributed by atoms with E-state index in [9.17, 15) is 9.59 Å². The molecule has 0 fully saturated rings. The molecule has 122 valence electrons. The van der Waals surface area contributed by atoms with Gasteiger partial charge in [-0.15, -0.1) is 0 Å². The molecule has 0 spiro atoms. The Bertz CT molecular complexity index is 775. The molecule has 0 unspecified atom stereocenters. The number of amides is 1. The van der Waals surface area contributed by atoms with Crippen molar-refractivity contribution < 1.29 is 14.7 Å². The largest absolute Gasteiger partial charge is 0.480 e. The Morgan fingerprint density at radius 2 is 1.87 bits per heavy atom. The predicted octanol–water partition coefficient (Wildman–Crippen LogP) is 2.39. The van der Waals surface area contributed by atoms with Gasteiger partial charge in [-0.1, -0.05) is 12.1 Å². The van der Waals surface area contributed by atoms with Gasteiger partial charge in [0.15, 0.2) is 0 Å². The second-order valence-corrected chi connectivity index (χ2v) is 6.23. The van der Waals surface area contributed by atoms with E-state index in [-0.39, 0.29) is 0 Å². The van der Waals surface area contributed by atoms with Crippen LogP contribution in [0.2, 0.25) is 0 Å². The Balaban J connectivity index is 2.38. The molecule has 2 rings (SSSR count). The number of carbonyl (C=O) groups is 2. The molecular weight excluding hydrogens is 294 g/mol. The lowest BCUT2D eigenvalue weighted by atomic mass is 10.1. The molecule has 0 atom stereocenters. The zero-order valence-corrected chi connectivity index (χ0v) is 14.0. The van der Waals surface area contributed by atoms with Crippen molar-refractivity contribution in [2.75, 3.05) is 0 Å². The van der Waals surface area contributed by atoms with Gasteiger partial charge in [-0.2, -0.15) is 5.10 Å². The molecule has 1 amide bonds. The van der Waals surface area contributed by atoms with Crippen LogP contribution in [0.1, 0.15) is 41.0 Å². The number of aryl methyl sites for hydroxylation is 2. The first kappa shape index (κ1) is 16.7. The summed E-state index contributed by atoms with van der Waals surface area (Å²) >= 11 is 0. The van der Waals surface area contributed by atoms with Gasteiger partial charge in [0.05, 0.1) is 23.1 Å². The van der Waals surface area contributed by atoms with E-state index in [2.05, 4.69) is 10.4 Å². The van der Waals surface area contributed by atoms with Crippen LogP contribution >= 0.6 is 0 Å². The summed E-state index contributed by atoms with van der Waals surface area (Å²) in [6, 6.07) is 6.01. The molecule has 0 saturated carbocycles. The highest BCUT2D eigenvalue weighted by Crippen LogP contribution is 2.19. The molecule has 0 aliphatic heterocycles. The summed E-state index contributed by atoms with van der Waals surface area (Å²) in [5, 5.41) is 15.9. The molecule has 23 heavy (non-hydrogen) atoms. The number of carbonyl (C=O) groups excluding carboxylic acids is 1. The van der Waals surface area contributed by atoms with Crippen LogP contribution in [0.4, 0.5) is 0 Å². The van der Waals surface area contributed by atoms with Gasteiger partial charge in [-0.05, 0) is 51.8 Å². The Labute approximate surface area is 135 Å². The van der Waals surface area contributed by atoms with Crippen LogP contribution in [0.5, 0.6) is 0 Å². The fourth-order valence-electron chi connectivity index (χ4n) is 2.23. The van der Waals surface area contributed by atoms with Crippen molar-refractivity contribution in [2.24, 2.45) is 0 Å². The van der Waals surface area contributed by atoms with Crippen LogP contribution in [0.15, 0.2) is 24.4 Å². The maximum Gasteiger partial charge on any atom is 0.328 e. The lowest BCUT2D eigenvalue weighted by molar-refractivity contribution is -0.143. The summed E-state index contributed by atoms with van der Waals surface area (Å²) in [5.41, 5.74) is 2.72. The summed E-state index contributed by atoms with van der Waals surface area (Å²) in [6.07, 6.45) is 1.46. The van der Waals surface area contributed by atoms with E-state index in [1.807, 2.05) is 32.0 Å². The van der Waals surface area contributed by atoms with E-state index >= 15 is 0 Å². The van der Waals surface area contributed by atoms with E-state index in [1.165, 1.54) is 20.0 Å². The van der Waals surface area contributed by atoms with Gasteiger partial charge in [0.1, 0.15) is 5.54 Å². The van der Waals surface area contributed by atoms with Crippen molar-refractivity contribution in [3.05, 3.63) is 46.8 Å². The fourth-order valence-corrected chi connectivity index (χ4v) is 2.23. The maximum absolute atomic E-state index is 12.4. The molecule has 6 nitrogen and oxygen atoms in total. The van der Waals surface area contributed by atoms with Crippen molar-refractivity contribution in [3.8, 4) is 5.69 Å². The van der Waals surface area contributed by atoms with Gasteiger partial charge in [0, 0.05) is 0 Å². The SMILES string of the molecule is Cc1ccc(C)c(-n2ncc(C(=O)NC(C)(C)C(=O)O)c2C)c1. The summed E-state index contributed by atoms with van der Waals surface area (Å²) in [6.45, 7) is 8.64. The normalized spacial score (nSPS) is 11.3. The number of hydrogen-bond donors (Lipinski definition) is 2. The van der Waals surface area contributed by atoms with Crippen LogP contribution in [0, 0.1) is 20.8 Å². The quantitative estimate of drug-likeness (QED) is 0.907. The van der Waals surface area contributed by atoms with Crippen LogP contribution in [0.25, 0.3) is 5.69 Å². The average molecular weight is 315 g/mol. The van der Waals surface area contributed by atoms with E-state index < -0.39 is 17.4 Å². The van der Waals surface area contributed by atoms with Gasteiger partial charge in [-0.3, -0.25) is 4.79 Å². The Morgan fingerprint density at radius 3 is 2.48 bits per heavy atom. The van der Waals surface area contributed by atoms with Crippen molar-refractivity contribution in [2.45, 2.75) is 40.2 Å². The lowest BCUT2D eigenvalue weighted by Crippen LogP contribution is -2.49. The van der Waals surface area contributed by atoms with Crippen molar-refractivity contribution >= 4 is 11.9 Å². The molecule has 0 aliphatic carbocycles. The third-order valence-corrected chi connectivity index (χ3v) is 3.81. The minimum absolute atomic E-state index is 0.361. The molecule has 0 bridgehead atoms. The topological polar surface area (TPSA) is 84.2 Å². The number of carboxylic acid groups (broad SMARTS) is 1. The smallest absolute Gasteiger partial charge is 0.328 e. The van der Waals surface area contributed by atoms with E-state index in [0.717, 1.165) is 16.8 Å². The van der Waals surface area contributed by atoms with Gasteiger partial charge in [-0.25, -0.2) is 9.48 Å². The molecule has 6 heteroatoms. The minimum atomic E-state index is -1.34. The number of hydrogen-bond acceptors (Lipinski definition) is 3. The van der Waals surface area contributed by atoms with Crippen LogP contribution in [-0.2, 0) is 4.79 Å². The molecule has 1 heterocycles. The molecule has 0 radical (unpaired) electrons. The zero-order chi connectivity index (χ0) is 17.4. The standard InChI is InChI=1S/C17H21N3O3/c1-10-6-7-11(2)14(8-10)20-12(3)13(9-18-20)15(21)19-17(4,5)16(22)23/h6-9H,1-5H3,(H,19,21)(H,22,23). The zero-order valence-electron chi connectivity index (χ0n) is 14.0. The number of carboxylic acids is 1. The van der Waals surface area contributed by atoms with Crippen LogP contribution < -0.4 is 5.32 Å². The lowest BCUT2D eigenvalue weighted by Gasteiger charge is -2.20. The fraction of sp³-hybridized carbons (Fsp3) is 0.353. The first-order valence-electron chi connectivity index (χ1n) is 7.31. The molecule has 0 aliphatic rings.